The third kappa shape index (κ3) is 4.90. The number of hydrogen-bond acceptors (Lipinski definition) is 5. The number of ether oxygens (including phenoxy) is 1. The highest BCUT2D eigenvalue weighted by atomic mass is 79.9. The fourth-order valence-corrected chi connectivity index (χ4v) is 3.40. The molecule has 2 aromatic rings. The zero-order valence-corrected chi connectivity index (χ0v) is 15.1. The molecule has 0 N–H and O–H groups in total. The molecule has 0 bridgehead atoms. The monoisotopic (exact) mass is 411 g/mol. The molecule has 0 heterocycles. The van der Waals surface area contributed by atoms with Gasteiger partial charge in [-0.3, -0.25) is 10.1 Å². The van der Waals surface area contributed by atoms with Crippen LogP contribution in [0.1, 0.15) is 11.1 Å². The van der Waals surface area contributed by atoms with Crippen molar-refractivity contribution < 1.29 is 18.1 Å². The van der Waals surface area contributed by atoms with E-state index in [0.29, 0.717) is 5.75 Å². The Morgan fingerprint density at radius 3 is 2.46 bits per heavy atom. The molecule has 24 heavy (non-hydrogen) atoms. The number of nitro groups is 1. The third-order valence-corrected chi connectivity index (χ3v) is 4.96. The Hall–Kier alpha value is -2.19. The van der Waals surface area contributed by atoms with E-state index in [1.165, 1.54) is 31.4 Å². The standard InChI is InChI=1S/C16H14BrNO5S/c1-23-16-7-6-15(18(19)20)10-13(16)11-24(21,22)9-8-12-2-4-14(17)5-3-12/h2-10H,11H2,1H3. The summed E-state index contributed by atoms with van der Waals surface area (Å²) < 4.78 is 30.5. The molecular formula is C16H14BrNO5S. The Kier molecular flexibility index (Phi) is 5.74. The number of benzene rings is 2. The second kappa shape index (κ2) is 7.59. The highest BCUT2D eigenvalue weighted by Gasteiger charge is 2.16. The van der Waals surface area contributed by atoms with E-state index in [1.54, 1.807) is 24.3 Å². The number of sulfone groups is 1. The van der Waals surface area contributed by atoms with Crippen LogP contribution >= 0.6 is 15.9 Å². The minimum atomic E-state index is -3.61. The van der Waals surface area contributed by atoms with Gasteiger partial charge in [-0.25, -0.2) is 8.42 Å². The Morgan fingerprint density at radius 1 is 1.21 bits per heavy atom. The Labute approximate surface area is 148 Å². The Morgan fingerprint density at radius 2 is 1.88 bits per heavy atom. The SMILES string of the molecule is COc1ccc([N+](=O)[O-])cc1CS(=O)(=O)C=Cc1ccc(Br)cc1. The van der Waals surface area contributed by atoms with E-state index >= 15 is 0 Å². The summed E-state index contributed by atoms with van der Waals surface area (Å²) in [6.07, 6.45) is 1.48. The molecule has 0 aliphatic carbocycles. The predicted octanol–water partition coefficient (Wildman–Crippen LogP) is 3.95. The summed E-state index contributed by atoms with van der Waals surface area (Å²) in [7, 11) is -2.23. The summed E-state index contributed by atoms with van der Waals surface area (Å²) in [5.41, 5.74) is 0.790. The summed E-state index contributed by atoms with van der Waals surface area (Å²) in [6, 6.07) is 11.0. The van der Waals surface area contributed by atoms with Crippen LogP contribution in [-0.4, -0.2) is 20.5 Å². The van der Waals surface area contributed by atoms with Gasteiger partial charge >= 0.3 is 0 Å². The second-order valence-corrected chi connectivity index (χ2v) is 7.72. The molecule has 0 unspecified atom stereocenters. The van der Waals surface area contributed by atoms with Gasteiger partial charge < -0.3 is 4.74 Å². The minimum absolute atomic E-state index is 0.183. The summed E-state index contributed by atoms with van der Waals surface area (Å²) >= 11 is 3.30. The molecule has 8 heteroatoms. The molecule has 2 rings (SSSR count). The molecular weight excluding hydrogens is 398 g/mol. The molecule has 2 aromatic carbocycles. The van der Waals surface area contributed by atoms with Crippen molar-refractivity contribution in [3.05, 3.63) is 73.6 Å². The first-order valence-electron chi connectivity index (χ1n) is 6.78. The Balaban J connectivity index is 2.26. The van der Waals surface area contributed by atoms with Crippen molar-refractivity contribution in [3.8, 4) is 5.75 Å². The van der Waals surface area contributed by atoms with Gasteiger partial charge in [0.15, 0.2) is 9.84 Å². The maximum absolute atomic E-state index is 12.3. The van der Waals surface area contributed by atoms with E-state index in [0.717, 1.165) is 15.4 Å². The maximum atomic E-state index is 12.3. The van der Waals surface area contributed by atoms with Crippen LogP contribution in [0.3, 0.4) is 0 Å². The molecule has 6 nitrogen and oxygen atoms in total. The zero-order valence-electron chi connectivity index (χ0n) is 12.7. The molecule has 126 valence electrons. The molecule has 0 spiro atoms. The van der Waals surface area contributed by atoms with E-state index in [-0.39, 0.29) is 17.0 Å². The van der Waals surface area contributed by atoms with E-state index < -0.39 is 14.8 Å². The van der Waals surface area contributed by atoms with Crippen LogP contribution in [0.2, 0.25) is 0 Å². The summed E-state index contributed by atoms with van der Waals surface area (Å²) in [6.45, 7) is 0. The van der Waals surface area contributed by atoms with Gasteiger partial charge in [0.05, 0.1) is 17.8 Å². The highest BCUT2D eigenvalue weighted by Crippen LogP contribution is 2.26. The van der Waals surface area contributed by atoms with Gasteiger partial charge in [0.25, 0.3) is 5.69 Å². The molecule has 0 saturated carbocycles. The molecule has 0 amide bonds. The van der Waals surface area contributed by atoms with Gasteiger partial charge in [0, 0.05) is 27.6 Å². The third-order valence-electron chi connectivity index (χ3n) is 3.17. The molecule has 0 radical (unpaired) electrons. The predicted molar refractivity (Wildman–Crippen MR) is 95.4 cm³/mol. The van der Waals surface area contributed by atoms with Crippen molar-refractivity contribution in [3.63, 3.8) is 0 Å². The zero-order chi connectivity index (χ0) is 17.7. The molecule has 0 saturated heterocycles. The van der Waals surface area contributed by atoms with Gasteiger partial charge in [-0.15, -0.1) is 0 Å². The summed E-state index contributed by atoms with van der Waals surface area (Å²) in [5.74, 6) is -0.0913. The van der Waals surface area contributed by atoms with Crippen molar-refractivity contribution in [2.45, 2.75) is 5.75 Å². The first kappa shape index (κ1) is 18.2. The lowest BCUT2D eigenvalue weighted by Gasteiger charge is -2.07. The normalized spacial score (nSPS) is 11.6. The van der Waals surface area contributed by atoms with E-state index in [4.69, 9.17) is 4.74 Å². The molecule has 0 aromatic heterocycles. The first-order chi connectivity index (χ1) is 11.3. The van der Waals surface area contributed by atoms with Crippen LogP contribution in [0.15, 0.2) is 52.3 Å². The number of rotatable bonds is 6. The topological polar surface area (TPSA) is 86.5 Å². The van der Waals surface area contributed by atoms with Crippen LogP contribution in [-0.2, 0) is 15.6 Å². The minimum Gasteiger partial charge on any atom is -0.496 e. The first-order valence-corrected chi connectivity index (χ1v) is 9.29. The van der Waals surface area contributed by atoms with Crippen LogP contribution in [0.25, 0.3) is 6.08 Å². The Bertz CT molecular complexity index is 876. The van der Waals surface area contributed by atoms with Crippen LogP contribution in [0.4, 0.5) is 5.69 Å². The fourth-order valence-electron chi connectivity index (χ4n) is 2.01. The van der Waals surface area contributed by atoms with E-state index in [2.05, 4.69) is 15.9 Å². The van der Waals surface area contributed by atoms with Crippen LogP contribution in [0, 0.1) is 10.1 Å². The van der Waals surface area contributed by atoms with Gasteiger partial charge in [-0.1, -0.05) is 28.1 Å². The van der Waals surface area contributed by atoms with Crippen molar-refractivity contribution in [2.24, 2.45) is 0 Å². The molecule has 0 fully saturated rings. The second-order valence-electron chi connectivity index (χ2n) is 4.91. The van der Waals surface area contributed by atoms with Crippen LogP contribution in [0.5, 0.6) is 5.75 Å². The quantitative estimate of drug-likeness (QED) is 0.530. The van der Waals surface area contributed by atoms with Gasteiger partial charge in [0.2, 0.25) is 0 Å². The van der Waals surface area contributed by atoms with Gasteiger partial charge in [0.1, 0.15) is 5.75 Å². The highest BCUT2D eigenvalue weighted by molar-refractivity contribution is 9.10. The summed E-state index contributed by atoms with van der Waals surface area (Å²) in [5, 5.41) is 11.9. The number of nitrogens with zero attached hydrogens (tertiary/aromatic N) is 1. The number of halogens is 1. The molecule has 0 aliphatic heterocycles. The maximum Gasteiger partial charge on any atom is 0.270 e. The van der Waals surface area contributed by atoms with E-state index in [1.807, 2.05) is 0 Å². The lowest BCUT2D eigenvalue weighted by molar-refractivity contribution is -0.384. The van der Waals surface area contributed by atoms with Crippen molar-refractivity contribution in [1.29, 1.82) is 0 Å². The molecule has 0 aliphatic rings. The van der Waals surface area contributed by atoms with Gasteiger partial charge in [-0.2, -0.15) is 0 Å². The van der Waals surface area contributed by atoms with Crippen molar-refractivity contribution in [1.82, 2.24) is 0 Å². The molecule has 0 atom stereocenters. The van der Waals surface area contributed by atoms with Crippen LogP contribution < -0.4 is 4.74 Å². The lowest BCUT2D eigenvalue weighted by Crippen LogP contribution is -2.03. The lowest BCUT2D eigenvalue weighted by atomic mass is 10.2. The number of methoxy groups -OCH3 is 1. The van der Waals surface area contributed by atoms with Gasteiger partial charge in [-0.05, 0) is 29.8 Å². The smallest absolute Gasteiger partial charge is 0.270 e. The summed E-state index contributed by atoms with van der Waals surface area (Å²) in [4.78, 5) is 10.3. The average Bonchev–Trinajstić information content (AvgIpc) is 2.54. The average molecular weight is 412 g/mol. The van der Waals surface area contributed by atoms with Crippen molar-refractivity contribution >= 4 is 37.5 Å². The number of hydrogen-bond donors (Lipinski definition) is 0. The number of nitro benzene ring substituents is 1. The fraction of sp³-hybridized carbons (Fsp3) is 0.125. The van der Waals surface area contributed by atoms with E-state index in [9.17, 15) is 18.5 Å². The largest absolute Gasteiger partial charge is 0.496 e. The van der Waals surface area contributed by atoms with Crippen molar-refractivity contribution in [2.75, 3.05) is 7.11 Å². The number of non-ortho nitro benzene ring substituents is 1.